The second-order valence-corrected chi connectivity index (χ2v) is 9.32. The van der Waals surface area contributed by atoms with Gasteiger partial charge in [0.2, 0.25) is 0 Å². The van der Waals surface area contributed by atoms with Gasteiger partial charge < -0.3 is 9.47 Å². The maximum absolute atomic E-state index is 5.73. The van der Waals surface area contributed by atoms with Crippen molar-refractivity contribution in [1.82, 2.24) is 0 Å². The van der Waals surface area contributed by atoms with Crippen molar-refractivity contribution in [2.24, 2.45) is 5.41 Å². The molecule has 29 heavy (non-hydrogen) atoms. The first-order chi connectivity index (χ1) is 14.2. The van der Waals surface area contributed by atoms with Crippen LogP contribution in [0.2, 0.25) is 0 Å². The summed E-state index contributed by atoms with van der Waals surface area (Å²) >= 11 is 0. The maximum atomic E-state index is 5.73. The highest BCUT2D eigenvalue weighted by Crippen LogP contribution is 2.50. The average molecular weight is 403 g/mol. The SMILES string of the molecule is CCCCCCCCC1(CCCCCCCC)Cc2c(OC)ccc(OC)c2C1. The van der Waals surface area contributed by atoms with Crippen LogP contribution in [0.3, 0.4) is 0 Å². The summed E-state index contributed by atoms with van der Waals surface area (Å²) in [5, 5.41) is 0. The normalized spacial score (nSPS) is 14.8. The number of methoxy groups -OCH3 is 2. The molecule has 0 heterocycles. The Kier molecular flexibility index (Phi) is 11.0. The average Bonchev–Trinajstić information content (AvgIpc) is 3.12. The van der Waals surface area contributed by atoms with E-state index in [0.29, 0.717) is 5.41 Å². The number of hydrogen-bond donors (Lipinski definition) is 0. The van der Waals surface area contributed by atoms with E-state index in [2.05, 4.69) is 26.0 Å². The summed E-state index contributed by atoms with van der Waals surface area (Å²) in [6.07, 6.45) is 21.7. The first-order valence-corrected chi connectivity index (χ1v) is 12.4. The zero-order valence-corrected chi connectivity index (χ0v) is 19.8. The van der Waals surface area contributed by atoms with E-state index in [-0.39, 0.29) is 0 Å². The fraction of sp³-hybridized carbons (Fsp3) is 0.778. The van der Waals surface area contributed by atoms with Crippen LogP contribution in [-0.2, 0) is 12.8 Å². The minimum atomic E-state index is 0.416. The summed E-state index contributed by atoms with van der Waals surface area (Å²) in [4.78, 5) is 0. The topological polar surface area (TPSA) is 18.5 Å². The fourth-order valence-electron chi connectivity index (χ4n) is 5.27. The van der Waals surface area contributed by atoms with Crippen LogP contribution in [0.4, 0.5) is 0 Å². The Morgan fingerprint density at radius 2 is 1.00 bits per heavy atom. The molecule has 2 heteroatoms. The van der Waals surface area contributed by atoms with E-state index >= 15 is 0 Å². The van der Waals surface area contributed by atoms with Crippen LogP contribution in [0, 0.1) is 5.41 Å². The third-order valence-electron chi connectivity index (χ3n) is 7.01. The van der Waals surface area contributed by atoms with Gasteiger partial charge in [0.05, 0.1) is 14.2 Å². The molecule has 0 unspecified atom stereocenters. The Hall–Kier alpha value is -1.18. The molecule has 0 saturated carbocycles. The molecule has 1 aliphatic rings. The van der Waals surface area contributed by atoms with Gasteiger partial charge in [0, 0.05) is 11.1 Å². The smallest absolute Gasteiger partial charge is 0.122 e. The molecule has 166 valence electrons. The van der Waals surface area contributed by atoms with Gasteiger partial charge in [-0.3, -0.25) is 0 Å². The fourth-order valence-corrected chi connectivity index (χ4v) is 5.27. The molecule has 0 N–H and O–H groups in total. The van der Waals surface area contributed by atoms with Crippen molar-refractivity contribution >= 4 is 0 Å². The molecule has 1 aromatic rings. The van der Waals surface area contributed by atoms with Crippen LogP contribution >= 0.6 is 0 Å². The molecule has 0 aromatic heterocycles. The highest BCUT2D eigenvalue weighted by Gasteiger charge is 2.39. The van der Waals surface area contributed by atoms with Crippen molar-refractivity contribution in [3.8, 4) is 11.5 Å². The van der Waals surface area contributed by atoms with Gasteiger partial charge in [-0.25, -0.2) is 0 Å². The second kappa shape index (κ2) is 13.2. The number of unbranched alkanes of at least 4 members (excludes halogenated alkanes) is 10. The number of ether oxygens (including phenoxy) is 2. The molecule has 0 amide bonds. The summed E-state index contributed by atoms with van der Waals surface area (Å²) in [5.74, 6) is 2.13. The Bertz CT molecular complexity index is 527. The molecule has 1 aliphatic carbocycles. The van der Waals surface area contributed by atoms with Crippen molar-refractivity contribution in [3.05, 3.63) is 23.3 Å². The summed E-state index contributed by atoms with van der Waals surface area (Å²) < 4.78 is 11.5. The molecule has 1 aromatic carbocycles. The molecule has 0 fully saturated rings. The molecule has 0 aliphatic heterocycles. The molecule has 0 radical (unpaired) electrons. The van der Waals surface area contributed by atoms with Crippen molar-refractivity contribution in [2.45, 2.75) is 117 Å². The molecule has 0 bridgehead atoms. The molecule has 2 rings (SSSR count). The van der Waals surface area contributed by atoms with Crippen molar-refractivity contribution in [1.29, 1.82) is 0 Å². The highest BCUT2D eigenvalue weighted by molar-refractivity contribution is 5.52. The zero-order chi connectivity index (χ0) is 21.0. The Labute approximate surface area is 180 Å². The summed E-state index contributed by atoms with van der Waals surface area (Å²) in [5.41, 5.74) is 3.26. The summed E-state index contributed by atoms with van der Waals surface area (Å²) in [7, 11) is 3.62. The van der Waals surface area contributed by atoms with Crippen LogP contribution in [-0.4, -0.2) is 14.2 Å². The van der Waals surface area contributed by atoms with Gasteiger partial charge in [-0.05, 0) is 43.2 Å². The second-order valence-electron chi connectivity index (χ2n) is 9.32. The first kappa shape index (κ1) is 24.1. The van der Waals surface area contributed by atoms with E-state index in [4.69, 9.17) is 9.47 Å². The monoisotopic (exact) mass is 402 g/mol. The lowest BCUT2D eigenvalue weighted by molar-refractivity contribution is 0.233. The summed E-state index contributed by atoms with van der Waals surface area (Å²) in [6.45, 7) is 4.60. The number of rotatable bonds is 16. The molecular formula is C27H46O2. The standard InChI is InChI=1S/C27H46O2/c1-5-7-9-11-13-15-19-27(20-16-14-12-10-8-6-2)21-23-24(22-27)26(29-4)18-17-25(23)28-3/h17-18H,5-16,19-22H2,1-4H3. The molecule has 2 nitrogen and oxygen atoms in total. The minimum Gasteiger partial charge on any atom is -0.496 e. The largest absolute Gasteiger partial charge is 0.496 e. The van der Waals surface area contributed by atoms with E-state index in [0.717, 1.165) is 11.5 Å². The third-order valence-corrected chi connectivity index (χ3v) is 7.01. The van der Waals surface area contributed by atoms with Gasteiger partial charge in [-0.1, -0.05) is 90.9 Å². The quantitative estimate of drug-likeness (QED) is 0.259. The van der Waals surface area contributed by atoms with Crippen LogP contribution in [0.1, 0.15) is 115 Å². The van der Waals surface area contributed by atoms with Crippen LogP contribution in [0.25, 0.3) is 0 Å². The van der Waals surface area contributed by atoms with Gasteiger partial charge in [0.25, 0.3) is 0 Å². The molecule has 0 saturated heterocycles. The van der Waals surface area contributed by atoms with E-state index in [1.54, 1.807) is 0 Å². The van der Waals surface area contributed by atoms with Crippen molar-refractivity contribution in [2.75, 3.05) is 14.2 Å². The predicted molar refractivity (Wildman–Crippen MR) is 125 cm³/mol. The third kappa shape index (κ3) is 7.23. The number of hydrogen-bond acceptors (Lipinski definition) is 2. The van der Waals surface area contributed by atoms with E-state index < -0.39 is 0 Å². The first-order valence-electron chi connectivity index (χ1n) is 12.4. The Morgan fingerprint density at radius 1 is 0.621 bits per heavy atom. The van der Waals surface area contributed by atoms with E-state index in [1.165, 1.54) is 114 Å². The zero-order valence-electron chi connectivity index (χ0n) is 19.8. The molecule has 0 atom stereocenters. The molecular weight excluding hydrogens is 356 g/mol. The van der Waals surface area contributed by atoms with E-state index in [1.807, 2.05) is 14.2 Å². The van der Waals surface area contributed by atoms with Crippen molar-refractivity contribution in [3.63, 3.8) is 0 Å². The summed E-state index contributed by atoms with van der Waals surface area (Å²) in [6, 6.07) is 4.20. The Morgan fingerprint density at radius 3 is 1.38 bits per heavy atom. The lowest BCUT2D eigenvalue weighted by atomic mass is 9.75. The number of benzene rings is 1. The lowest BCUT2D eigenvalue weighted by Gasteiger charge is -2.29. The van der Waals surface area contributed by atoms with Crippen LogP contribution in [0.5, 0.6) is 11.5 Å². The van der Waals surface area contributed by atoms with Gasteiger partial charge in [0.15, 0.2) is 0 Å². The van der Waals surface area contributed by atoms with E-state index in [9.17, 15) is 0 Å². The van der Waals surface area contributed by atoms with Gasteiger partial charge in [-0.15, -0.1) is 0 Å². The van der Waals surface area contributed by atoms with Crippen LogP contribution < -0.4 is 9.47 Å². The Balaban J connectivity index is 2.01. The van der Waals surface area contributed by atoms with Crippen LogP contribution in [0.15, 0.2) is 12.1 Å². The maximum Gasteiger partial charge on any atom is 0.122 e. The highest BCUT2D eigenvalue weighted by atomic mass is 16.5. The van der Waals surface area contributed by atoms with Gasteiger partial charge in [-0.2, -0.15) is 0 Å². The number of fused-ring (bicyclic) bond motifs is 1. The van der Waals surface area contributed by atoms with Gasteiger partial charge in [0.1, 0.15) is 11.5 Å². The van der Waals surface area contributed by atoms with Gasteiger partial charge >= 0.3 is 0 Å². The predicted octanol–water partition coefficient (Wildman–Crippen LogP) is 8.29. The van der Waals surface area contributed by atoms with Crippen molar-refractivity contribution < 1.29 is 9.47 Å². The minimum absolute atomic E-state index is 0.416. The lowest BCUT2D eigenvalue weighted by Crippen LogP contribution is -2.21. The molecule has 0 spiro atoms.